The molecule has 0 bridgehead atoms. The number of imide groups is 1. The summed E-state index contributed by atoms with van der Waals surface area (Å²) in [5.74, 6) is -2.81. The molecule has 0 spiro atoms. The van der Waals surface area contributed by atoms with E-state index in [-0.39, 0.29) is 29.4 Å². The highest BCUT2D eigenvalue weighted by Crippen LogP contribution is 2.55. The number of carbonyl (C=O) groups is 2. The predicted molar refractivity (Wildman–Crippen MR) is 154 cm³/mol. The number of hydrogen-bond acceptors (Lipinski definition) is 10. The Morgan fingerprint density at radius 2 is 1.57 bits per heavy atom. The third kappa shape index (κ3) is 4.73. The zero-order chi connectivity index (χ0) is 29.7. The SMILES string of the molecule is Cc1ccc(COc2ccc([N+](=O)[O-])cc2C2c3sc(=O)[nH]c3SC3C(=O)N(c4ccc([N+](=O)[O-])cc4)C(=O)C32)cc1. The maximum absolute atomic E-state index is 14.0. The number of aromatic nitrogens is 1. The number of hydrogen-bond donors (Lipinski definition) is 1. The molecule has 4 aromatic rings. The van der Waals surface area contributed by atoms with Gasteiger partial charge in [0.05, 0.1) is 26.5 Å². The minimum atomic E-state index is -1.03. The maximum atomic E-state index is 14.0. The largest absolute Gasteiger partial charge is 0.489 e. The molecule has 0 radical (unpaired) electrons. The molecule has 14 heteroatoms. The summed E-state index contributed by atoms with van der Waals surface area (Å²) < 4.78 is 6.14. The number of benzene rings is 3. The number of non-ortho nitro benzene ring substituents is 2. The molecule has 1 N–H and O–H groups in total. The standard InChI is InChI=1S/C28H20N4O8S2/c1-14-2-4-15(5-3-14)13-40-20-11-10-18(32(38)39)12-19(20)21-22-24(41-25-23(21)42-28(35)29-25)27(34)30(26(22)33)16-6-8-17(9-7-16)31(36)37/h2-12,21-22,24H,13H2,1H3,(H,29,35). The summed E-state index contributed by atoms with van der Waals surface area (Å²) >= 11 is 1.93. The molecular weight excluding hydrogens is 584 g/mol. The van der Waals surface area contributed by atoms with Gasteiger partial charge < -0.3 is 9.72 Å². The quantitative estimate of drug-likeness (QED) is 0.175. The number of amides is 2. The second kappa shape index (κ2) is 10.5. The van der Waals surface area contributed by atoms with E-state index in [2.05, 4.69) is 4.98 Å². The minimum Gasteiger partial charge on any atom is -0.489 e. The number of anilines is 1. The van der Waals surface area contributed by atoms with Crippen LogP contribution in [-0.2, 0) is 16.2 Å². The Balaban J connectivity index is 1.45. The number of aromatic amines is 1. The van der Waals surface area contributed by atoms with Crippen molar-refractivity contribution < 1.29 is 24.2 Å². The number of aryl methyl sites for hydroxylation is 1. The number of thiazole rings is 1. The fraction of sp³-hybridized carbons (Fsp3) is 0.179. The van der Waals surface area contributed by atoms with Gasteiger partial charge in [-0.05, 0) is 30.7 Å². The molecule has 2 aliphatic heterocycles. The second-order valence-electron chi connectivity index (χ2n) is 9.79. The predicted octanol–water partition coefficient (Wildman–Crippen LogP) is 4.94. The van der Waals surface area contributed by atoms with Gasteiger partial charge in [0.15, 0.2) is 0 Å². The fourth-order valence-corrected chi connectivity index (χ4v) is 7.71. The van der Waals surface area contributed by atoms with Crippen LogP contribution in [-0.4, -0.2) is 31.9 Å². The number of carbonyl (C=O) groups excluding carboxylic acids is 2. The van der Waals surface area contributed by atoms with Crippen LogP contribution in [0.2, 0.25) is 0 Å². The molecule has 12 nitrogen and oxygen atoms in total. The highest BCUT2D eigenvalue weighted by Gasteiger charge is 2.57. The Morgan fingerprint density at radius 1 is 0.905 bits per heavy atom. The first kappa shape index (κ1) is 27.4. The van der Waals surface area contributed by atoms with Crippen molar-refractivity contribution in [2.45, 2.75) is 29.7 Å². The highest BCUT2D eigenvalue weighted by atomic mass is 32.2. The number of nitro groups is 2. The van der Waals surface area contributed by atoms with Crippen LogP contribution >= 0.6 is 23.1 Å². The molecule has 1 fully saturated rings. The van der Waals surface area contributed by atoms with Gasteiger partial charge in [0.1, 0.15) is 17.6 Å². The summed E-state index contributed by atoms with van der Waals surface area (Å²) in [5.41, 5.74) is 1.94. The summed E-state index contributed by atoms with van der Waals surface area (Å²) in [7, 11) is 0. The van der Waals surface area contributed by atoms with Crippen LogP contribution in [0.25, 0.3) is 0 Å². The number of nitrogens with zero attached hydrogens (tertiary/aromatic N) is 3. The summed E-state index contributed by atoms with van der Waals surface area (Å²) in [6.45, 7) is 2.09. The van der Waals surface area contributed by atoms with Crippen LogP contribution < -0.4 is 14.5 Å². The average molecular weight is 605 g/mol. The van der Waals surface area contributed by atoms with Crippen molar-refractivity contribution in [2.75, 3.05) is 4.90 Å². The lowest BCUT2D eigenvalue weighted by Gasteiger charge is -2.30. The van der Waals surface area contributed by atoms with Crippen molar-refractivity contribution in [3.63, 3.8) is 0 Å². The third-order valence-corrected chi connectivity index (χ3v) is 9.60. The van der Waals surface area contributed by atoms with E-state index >= 15 is 0 Å². The van der Waals surface area contributed by atoms with Crippen molar-refractivity contribution in [1.29, 1.82) is 0 Å². The van der Waals surface area contributed by atoms with E-state index in [0.29, 0.717) is 15.5 Å². The maximum Gasteiger partial charge on any atom is 0.305 e. The molecule has 3 atom stereocenters. The fourth-order valence-electron chi connectivity index (χ4n) is 5.20. The number of fused-ring (bicyclic) bond motifs is 2. The van der Waals surface area contributed by atoms with Gasteiger partial charge in [0.25, 0.3) is 11.4 Å². The molecule has 0 aliphatic carbocycles. The third-order valence-electron chi connectivity index (χ3n) is 7.20. The smallest absolute Gasteiger partial charge is 0.305 e. The molecule has 42 heavy (non-hydrogen) atoms. The number of nitro benzene ring substituents is 2. The molecule has 6 rings (SSSR count). The van der Waals surface area contributed by atoms with Crippen LogP contribution in [0.3, 0.4) is 0 Å². The van der Waals surface area contributed by atoms with Gasteiger partial charge in [-0.2, -0.15) is 0 Å². The lowest BCUT2D eigenvalue weighted by Crippen LogP contribution is -2.32. The van der Waals surface area contributed by atoms with E-state index in [1.54, 1.807) is 0 Å². The molecule has 212 valence electrons. The summed E-state index contributed by atoms with van der Waals surface area (Å²) in [4.78, 5) is 65.7. The number of ether oxygens (including phenoxy) is 1. The van der Waals surface area contributed by atoms with Gasteiger partial charge in [0, 0.05) is 40.6 Å². The van der Waals surface area contributed by atoms with Gasteiger partial charge >= 0.3 is 4.87 Å². The van der Waals surface area contributed by atoms with Gasteiger partial charge in [0.2, 0.25) is 11.8 Å². The summed E-state index contributed by atoms with van der Waals surface area (Å²) in [5, 5.41) is 22.4. The van der Waals surface area contributed by atoms with Crippen LogP contribution in [0.1, 0.15) is 27.5 Å². The van der Waals surface area contributed by atoms with Gasteiger partial charge in [-0.25, -0.2) is 4.90 Å². The van der Waals surface area contributed by atoms with Crippen molar-refractivity contribution in [3.8, 4) is 5.75 Å². The van der Waals surface area contributed by atoms with E-state index in [1.165, 1.54) is 42.5 Å². The highest BCUT2D eigenvalue weighted by molar-refractivity contribution is 8.00. The Morgan fingerprint density at radius 3 is 2.24 bits per heavy atom. The van der Waals surface area contributed by atoms with Gasteiger partial charge in [-0.15, -0.1) is 0 Å². The molecular formula is C28H20N4O8S2. The Hall–Kier alpha value is -4.82. The molecule has 3 heterocycles. The Bertz CT molecular complexity index is 1820. The molecule has 1 saturated heterocycles. The Labute approximate surface area is 245 Å². The molecule has 1 aromatic heterocycles. The minimum absolute atomic E-state index is 0.138. The van der Waals surface area contributed by atoms with E-state index < -0.39 is 43.6 Å². The van der Waals surface area contributed by atoms with Crippen molar-refractivity contribution in [2.24, 2.45) is 5.92 Å². The number of H-pyrrole nitrogens is 1. The Kier molecular flexibility index (Phi) is 6.86. The second-order valence-corrected chi connectivity index (χ2v) is 12.0. The lowest BCUT2D eigenvalue weighted by molar-refractivity contribution is -0.385. The van der Waals surface area contributed by atoms with Crippen LogP contribution in [0, 0.1) is 33.1 Å². The molecule has 2 amide bonds. The number of rotatable bonds is 7. The van der Waals surface area contributed by atoms with Gasteiger partial charge in [-0.1, -0.05) is 52.9 Å². The first-order valence-corrected chi connectivity index (χ1v) is 14.3. The number of thioether (sulfide) groups is 1. The van der Waals surface area contributed by atoms with Crippen molar-refractivity contribution in [1.82, 2.24) is 4.98 Å². The molecule has 3 unspecified atom stereocenters. The molecule has 0 saturated carbocycles. The van der Waals surface area contributed by atoms with Crippen LogP contribution in [0.5, 0.6) is 5.75 Å². The first-order chi connectivity index (χ1) is 20.1. The van der Waals surface area contributed by atoms with Crippen LogP contribution in [0.4, 0.5) is 17.1 Å². The summed E-state index contributed by atoms with van der Waals surface area (Å²) in [6.07, 6.45) is 0. The van der Waals surface area contributed by atoms with Gasteiger partial charge in [-0.3, -0.25) is 34.6 Å². The topological polar surface area (TPSA) is 166 Å². The van der Waals surface area contributed by atoms with E-state index in [9.17, 15) is 34.6 Å². The zero-order valence-electron chi connectivity index (χ0n) is 21.7. The van der Waals surface area contributed by atoms with E-state index in [1.807, 2.05) is 31.2 Å². The monoisotopic (exact) mass is 604 g/mol. The average Bonchev–Trinajstić information content (AvgIpc) is 3.46. The number of nitrogens with one attached hydrogen (secondary N) is 1. The van der Waals surface area contributed by atoms with E-state index in [0.717, 1.165) is 39.1 Å². The zero-order valence-corrected chi connectivity index (χ0v) is 23.3. The van der Waals surface area contributed by atoms with Crippen molar-refractivity contribution in [3.05, 3.63) is 118 Å². The molecule has 3 aromatic carbocycles. The first-order valence-electron chi connectivity index (χ1n) is 12.6. The molecule has 2 aliphatic rings. The normalized spacial score (nSPS) is 19.4. The lowest BCUT2D eigenvalue weighted by atomic mass is 9.82. The van der Waals surface area contributed by atoms with Crippen molar-refractivity contribution >= 4 is 52.0 Å². The van der Waals surface area contributed by atoms with E-state index in [4.69, 9.17) is 4.74 Å². The van der Waals surface area contributed by atoms with Crippen LogP contribution in [0.15, 0.2) is 76.6 Å². The summed E-state index contributed by atoms with van der Waals surface area (Å²) in [6, 6.07) is 16.8.